The van der Waals surface area contributed by atoms with Crippen molar-refractivity contribution in [1.29, 1.82) is 0 Å². The van der Waals surface area contributed by atoms with Crippen molar-refractivity contribution in [3.63, 3.8) is 0 Å². The smallest absolute Gasteiger partial charge is 0.349 e. The Morgan fingerprint density at radius 3 is 2.60 bits per heavy atom. The first-order chi connectivity index (χ1) is 11.4. The van der Waals surface area contributed by atoms with E-state index in [9.17, 15) is 9.59 Å². The van der Waals surface area contributed by atoms with Crippen molar-refractivity contribution in [2.24, 2.45) is 11.7 Å². The maximum atomic E-state index is 12.9. The van der Waals surface area contributed by atoms with Crippen molar-refractivity contribution in [2.45, 2.75) is 32.7 Å². The van der Waals surface area contributed by atoms with Crippen molar-refractivity contribution in [3.8, 4) is 0 Å². The molecule has 0 radical (unpaired) electrons. The molecule has 1 atom stereocenters. The van der Waals surface area contributed by atoms with Crippen LogP contribution in [0.15, 0.2) is 31.9 Å². The molecular formula is C18H22BrClN2O3. The molecule has 25 heavy (non-hydrogen) atoms. The van der Waals surface area contributed by atoms with Gasteiger partial charge in [0.15, 0.2) is 0 Å². The van der Waals surface area contributed by atoms with E-state index >= 15 is 0 Å². The third kappa shape index (κ3) is 3.91. The molecule has 1 unspecified atom stereocenters. The molecule has 1 aromatic heterocycles. The predicted molar refractivity (Wildman–Crippen MR) is 104 cm³/mol. The number of carbonyl (C=O) groups excluding carboxylic acids is 1. The van der Waals surface area contributed by atoms with Crippen LogP contribution >= 0.6 is 28.3 Å². The van der Waals surface area contributed by atoms with Crippen LogP contribution in [0.5, 0.6) is 0 Å². The number of amides is 1. The van der Waals surface area contributed by atoms with Crippen LogP contribution < -0.4 is 11.4 Å². The first-order valence-corrected chi connectivity index (χ1v) is 8.95. The maximum Gasteiger partial charge on any atom is 0.349 e. The van der Waals surface area contributed by atoms with Gasteiger partial charge in [0, 0.05) is 29.0 Å². The third-order valence-corrected chi connectivity index (χ3v) is 5.40. The summed E-state index contributed by atoms with van der Waals surface area (Å²) in [5.41, 5.74) is 6.68. The number of aryl methyl sites for hydroxylation is 1. The zero-order valence-electron chi connectivity index (χ0n) is 14.3. The molecule has 1 saturated heterocycles. The van der Waals surface area contributed by atoms with Crippen LogP contribution in [-0.2, 0) is 0 Å². The Kier molecular flexibility index (Phi) is 6.30. The molecule has 0 saturated carbocycles. The molecule has 3 rings (SSSR count). The molecular weight excluding hydrogens is 408 g/mol. The van der Waals surface area contributed by atoms with Crippen molar-refractivity contribution >= 4 is 45.2 Å². The molecule has 0 aliphatic carbocycles. The van der Waals surface area contributed by atoms with Gasteiger partial charge in [0.1, 0.15) is 11.1 Å². The lowest BCUT2D eigenvalue weighted by Gasteiger charge is -2.33. The topological polar surface area (TPSA) is 76.5 Å². The summed E-state index contributed by atoms with van der Waals surface area (Å²) in [6, 6.07) is 5.54. The second-order valence-corrected chi connectivity index (χ2v) is 7.43. The third-order valence-electron chi connectivity index (χ3n) is 4.91. The number of hydrogen-bond acceptors (Lipinski definition) is 4. The highest BCUT2D eigenvalue weighted by atomic mass is 79.9. The number of likely N-dealkylation sites (tertiary alicyclic amines) is 1. The lowest BCUT2D eigenvalue weighted by atomic mass is 9.90. The molecule has 1 aliphatic heterocycles. The zero-order valence-corrected chi connectivity index (χ0v) is 16.7. The molecule has 1 amide bonds. The maximum absolute atomic E-state index is 12.9. The molecule has 1 aliphatic rings. The van der Waals surface area contributed by atoms with E-state index in [2.05, 4.69) is 15.9 Å². The zero-order chi connectivity index (χ0) is 17.4. The van der Waals surface area contributed by atoms with Gasteiger partial charge in [-0.25, -0.2) is 4.79 Å². The van der Waals surface area contributed by atoms with Gasteiger partial charge < -0.3 is 15.1 Å². The van der Waals surface area contributed by atoms with Gasteiger partial charge in [-0.05, 0) is 56.4 Å². The van der Waals surface area contributed by atoms with Gasteiger partial charge in [0.25, 0.3) is 5.91 Å². The summed E-state index contributed by atoms with van der Waals surface area (Å²) < 4.78 is 6.23. The number of rotatable bonds is 2. The van der Waals surface area contributed by atoms with E-state index in [-0.39, 0.29) is 29.9 Å². The minimum Gasteiger partial charge on any atom is -0.422 e. The number of piperidine rings is 1. The lowest BCUT2D eigenvalue weighted by molar-refractivity contribution is 0.0676. The molecule has 2 aromatic rings. The molecule has 136 valence electrons. The van der Waals surface area contributed by atoms with Gasteiger partial charge >= 0.3 is 5.63 Å². The van der Waals surface area contributed by atoms with Crippen LogP contribution in [0.1, 0.15) is 35.7 Å². The number of fused-ring (bicyclic) bond motifs is 1. The van der Waals surface area contributed by atoms with Gasteiger partial charge in [-0.2, -0.15) is 0 Å². The second-order valence-electron chi connectivity index (χ2n) is 6.52. The summed E-state index contributed by atoms with van der Waals surface area (Å²) in [6.07, 6.45) is 1.74. The summed E-state index contributed by atoms with van der Waals surface area (Å²) in [5, 5.41) is 0.776. The Labute approximate surface area is 161 Å². The standard InChI is InChI=1S/C18H21BrN2O3.ClH/c1-10-14-9-13(19)3-4-15(14)24-18(23)16(10)17(22)21-7-5-12(6-8-21)11(2)20;/h3-4,9,11-12H,5-8,20H2,1-2H3;1H. The summed E-state index contributed by atoms with van der Waals surface area (Å²) >= 11 is 3.42. The fourth-order valence-corrected chi connectivity index (χ4v) is 3.72. The van der Waals surface area contributed by atoms with E-state index in [0.717, 1.165) is 22.7 Å². The summed E-state index contributed by atoms with van der Waals surface area (Å²) in [6.45, 7) is 5.05. The fourth-order valence-electron chi connectivity index (χ4n) is 3.36. The van der Waals surface area contributed by atoms with Gasteiger partial charge in [-0.15, -0.1) is 12.4 Å². The normalized spacial score (nSPS) is 16.6. The SMILES string of the molecule is Cc1c(C(=O)N2CCC(C(C)N)CC2)c(=O)oc2ccc(Br)cc12.Cl. The number of halogens is 2. The number of hydrogen-bond donors (Lipinski definition) is 1. The molecule has 1 fully saturated rings. The Morgan fingerprint density at radius 1 is 1.36 bits per heavy atom. The largest absolute Gasteiger partial charge is 0.422 e. The van der Waals surface area contributed by atoms with Crippen molar-refractivity contribution in [3.05, 3.63) is 44.2 Å². The van der Waals surface area contributed by atoms with Crippen molar-refractivity contribution in [1.82, 2.24) is 4.90 Å². The van der Waals surface area contributed by atoms with Crippen LogP contribution in [-0.4, -0.2) is 29.9 Å². The van der Waals surface area contributed by atoms with Crippen LogP contribution in [0.4, 0.5) is 0 Å². The molecule has 0 spiro atoms. The molecule has 0 bridgehead atoms. The first kappa shape index (κ1) is 19.9. The highest BCUT2D eigenvalue weighted by Crippen LogP contribution is 2.26. The Hall–Kier alpha value is -1.37. The fraction of sp³-hybridized carbons (Fsp3) is 0.444. The number of benzene rings is 1. The van der Waals surface area contributed by atoms with Crippen LogP contribution in [0.3, 0.4) is 0 Å². The average molecular weight is 430 g/mol. The van der Waals surface area contributed by atoms with E-state index < -0.39 is 5.63 Å². The van der Waals surface area contributed by atoms with Crippen LogP contribution in [0.2, 0.25) is 0 Å². The molecule has 2 N–H and O–H groups in total. The Balaban J connectivity index is 0.00000225. The summed E-state index contributed by atoms with van der Waals surface area (Å²) in [5.74, 6) is 0.186. The average Bonchev–Trinajstić information content (AvgIpc) is 2.55. The summed E-state index contributed by atoms with van der Waals surface area (Å²) in [7, 11) is 0. The first-order valence-electron chi connectivity index (χ1n) is 8.16. The van der Waals surface area contributed by atoms with E-state index in [0.29, 0.717) is 30.2 Å². The lowest BCUT2D eigenvalue weighted by Crippen LogP contribution is -2.43. The van der Waals surface area contributed by atoms with Gasteiger partial charge in [0.05, 0.1) is 0 Å². The van der Waals surface area contributed by atoms with Gasteiger partial charge in [-0.1, -0.05) is 15.9 Å². The van der Waals surface area contributed by atoms with E-state index in [1.165, 1.54) is 0 Å². The van der Waals surface area contributed by atoms with Gasteiger partial charge in [0.2, 0.25) is 0 Å². The van der Waals surface area contributed by atoms with E-state index in [4.69, 9.17) is 10.2 Å². The van der Waals surface area contributed by atoms with Gasteiger partial charge in [-0.3, -0.25) is 4.79 Å². The molecule has 1 aromatic carbocycles. The van der Waals surface area contributed by atoms with Crippen LogP contribution in [0.25, 0.3) is 11.0 Å². The highest BCUT2D eigenvalue weighted by Gasteiger charge is 2.28. The van der Waals surface area contributed by atoms with Crippen LogP contribution in [0, 0.1) is 12.8 Å². The number of carbonyl (C=O) groups is 1. The molecule has 7 heteroatoms. The molecule has 2 heterocycles. The Morgan fingerprint density at radius 2 is 2.00 bits per heavy atom. The monoisotopic (exact) mass is 428 g/mol. The van der Waals surface area contributed by atoms with E-state index in [1.807, 2.05) is 19.1 Å². The Bertz CT molecular complexity index is 842. The second kappa shape index (κ2) is 7.89. The minimum absolute atomic E-state index is 0. The highest BCUT2D eigenvalue weighted by molar-refractivity contribution is 9.10. The predicted octanol–water partition coefficient (Wildman–Crippen LogP) is 3.49. The molecule has 5 nitrogen and oxygen atoms in total. The van der Waals surface area contributed by atoms with Crippen molar-refractivity contribution in [2.75, 3.05) is 13.1 Å². The van der Waals surface area contributed by atoms with Crippen molar-refractivity contribution < 1.29 is 9.21 Å². The summed E-state index contributed by atoms with van der Waals surface area (Å²) in [4.78, 5) is 27.0. The van der Waals surface area contributed by atoms with E-state index in [1.54, 1.807) is 17.9 Å². The minimum atomic E-state index is -0.568. The number of nitrogens with two attached hydrogens (primary N) is 1. The quantitative estimate of drug-likeness (QED) is 0.741. The number of nitrogens with zero attached hydrogens (tertiary/aromatic N) is 1.